The van der Waals surface area contributed by atoms with E-state index in [1.807, 2.05) is 6.07 Å². The van der Waals surface area contributed by atoms with Crippen molar-refractivity contribution in [3.05, 3.63) is 57.6 Å². The Labute approximate surface area is 128 Å². The average Bonchev–Trinajstić information content (AvgIpc) is 2.41. The van der Waals surface area contributed by atoms with Crippen molar-refractivity contribution in [1.29, 1.82) is 5.26 Å². The van der Waals surface area contributed by atoms with Crippen molar-refractivity contribution >= 4 is 27.3 Å². The second-order valence-corrected chi connectivity index (χ2v) is 5.37. The summed E-state index contributed by atoms with van der Waals surface area (Å²) < 4.78 is 39.4. The maximum Gasteiger partial charge on any atom is 0.416 e. The Morgan fingerprint density at radius 1 is 1.14 bits per heavy atom. The van der Waals surface area contributed by atoms with E-state index in [-0.39, 0.29) is 11.3 Å². The third kappa shape index (κ3) is 3.56. The van der Waals surface area contributed by atoms with Crippen LogP contribution in [0.15, 0.2) is 40.9 Å². The predicted octanol–water partition coefficient (Wildman–Crippen LogP) is 5.39. The monoisotopic (exact) mass is 354 g/mol. The lowest BCUT2D eigenvalue weighted by molar-refractivity contribution is -0.138. The number of nitrogens with zero attached hydrogens (tertiary/aromatic N) is 1. The summed E-state index contributed by atoms with van der Waals surface area (Å²) in [6.45, 7) is 1.41. The van der Waals surface area contributed by atoms with Crippen molar-refractivity contribution < 1.29 is 13.2 Å². The van der Waals surface area contributed by atoms with Gasteiger partial charge in [-0.2, -0.15) is 18.4 Å². The first-order valence-electron chi connectivity index (χ1n) is 5.96. The maximum absolute atomic E-state index is 12.9. The molecule has 6 heteroatoms. The van der Waals surface area contributed by atoms with Crippen LogP contribution in [-0.4, -0.2) is 0 Å². The highest BCUT2D eigenvalue weighted by Crippen LogP contribution is 2.34. The van der Waals surface area contributed by atoms with Crippen LogP contribution in [0.3, 0.4) is 0 Å². The molecule has 0 saturated carbocycles. The molecule has 0 spiro atoms. The summed E-state index contributed by atoms with van der Waals surface area (Å²) in [5.41, 5.74) is 0.551. The minimum absolute atomic E-state index is 0.157. The van der Waals surface area contributed by atoms with Crippen LogP contribution in [0.2, 0.25) is 0 Å². The van der Waals surface area contributed by atoms with Gasteiger partial charge in [-0.1, -0.05) is 22.0 Å². The number of rotatable bonds is 2. The smallest absolute Gasteiger partial charge is 0.354 e. The van der Waals surface area contributed by atoms with Crippen molar-refractivity contribution in [2.24, 2.45) is 0 Å². The van der Waals surface area contributed by atoms with Crippen LogP contribution in [0.1, 0.15) is 16.7 Å². The number of halogens is 4. The summed E-state index contributed by atoms with van der Waals surface area (Å²) in [5.74, 6) is 0. The van der Waals surface area contributed by atoms with Gasteiger partial charge in [-0.25, -0.2) is 0 Å². The third-order valence-corrected chi connectivity index (χ3v) is 3.42. The fourth-order valence-electron chi connectivity index (χ4n) is 1.88. The van der Waals surface area contributed by atoms with E-state index in [0.717, 1.165) is 10.5 Å². The molecule has 0 radical (unpaired) electrons. The number of hydrogen-bond acceptors (Lipinski definition) is 2. The van der Waals surface area contributed by atoms with E-state index in [9.17, 15) is 13.2 Å². The number of benzene rings is 2. The Morgan fingerprint density at radius 2 is 1.86 bits per heavy atom. The minimum Gasteiger partial charge on any atom is -0.354 e. The molecule has 0 aromatic heterocycles. The van der Waals surface area contributed by atoms with E-state index in [1.165, 1.54) is 13.0 Å². The molecule has 21 heavy (non-hydrogen) atoms. The Kier molecular flexibility index (Phi) is 4.24. The van der Waals surface area contributed by atoms with Gasteiger partial charge in [0, 0.05) is 10.2 Å². The number of alkyl halides is 3. The number of nitrogens with one attached hydrogen (secondary N) is 1. The highest BCUT2D eigenvalue weighted by atomic mass is 79.9. The fourth-order valence-corrected chi connectivity index (χ4v) is 2.24. The van der Waals surface area contributed by atoms with E-state index >= 15 is 0 Å². The topological polar surface area (TPSA) is 35.8 Å². The first kappa shape index (κ1) is 15.4. The lowest BCUT2D eigenvalue weighted by atomic mass is 10.1. The Morgan fingerprint density at radius 3 is 2.48 bits per heavy atom. The van der Waals surface area contributed by atoms with Gasteiger partial charge in [0.15, 0.2) is 0 Å². The Balaban J connectivity index is 2.40. The number of nitriles is 1. The first-order chi connectivity index (χ1) is 9.81. The SMILES string of the molecule is Cc1ccc(Nc2ccc(Br)cc2C#N)cc1C(F)(F)F. The Bertz CT molecular complexity index is 718. The second kappa shape index (κ2) is 5.78. The quantitative estimate of drug-likeness (QED) is 0.784. The number of anilines is 2. The number of aryl methyl sites for hydroxylation is 1. The van der Waals surface area contributed by atoms with Crippen molar-refractivity contribution in [2.45, 2.75) is 13.1 Å². The van der Waals surface area contributed by atoms with Crippen LogP contribution < -0.4 is 5.32 Å². The molecule has 1 N–H and O–H groups in total. The van der Waals surface area contributed by atoms with Crippen LogP contribution in [0, 0.1) is 18.3 Å². The zero-order valence-electron chi connectivity index (χ0n) is 10.9. The van der Waals surface area contributed by atoms with Crippen molar-refractivity contribution in [2.75, 3.05) is 5.32 Å². The van der Waals surface area contributed by atoms with Gasteiger partial charge < -0.3 is 5.32 Å². The molecule has 2 nitrogen and oxygen atoms in total. The van der Waals surface area contributed by atoms with Gasteiger partial charge in [0.2, 0.25) is 0 Å². The molecular formula is C15H10BrF3N2. The minimum atomic E-state index is -4.40. The van der Waals surface area contributed by atoms with Crippen LogP contribution in [0.25, 0.3) is 0 Å². The normalized spacial score (nSPS) is 11.0. The van der Waals surface area contributed by atoms with Crippen molar-refractivity contribution in [3.8, 4) is 6.07 Å². The largest absolute Gasteiger partial charge is 0.416 e. The fraction of sp³-hybridized carbons (Fsp3) is 0.133. The summed E-state index contributed by atoms with van der Waals surface area (Å²) in [6.07, 6.45) is -4.40. The lowest BCUT2D eigenvalue weighted by Crippen LogP contribution is -2.08. The highest BCUT2D eigenvalue weighted by molar-refractivity contribution is 9.10. The third-order valence-electron chi connectivity index (χ3n) is 2.92. The van der Waals surface area contributed by atoms with Gasteiger partial charge in [-0.15, -0.1) is 0 Å². The molecule has 0 unspecified atom stereocenters. The molecule has 2 rings (SSSR count). The van der Waals surface area contributed by atoms with E-state index in [2.05, 4.69) is 21.2 Å². The molecular weight excluding hydrogens is 345 g/mol. The lowest BCUT2D eigenvalue weighted by Gasteiger charge is -2.14. The predicted molar refractivity (Wildman–Crippen MR) is 78.3 cm³/mol. The average molecular weight is 355 g/mol. The standard InChI is InChI=1S/C15H10BrF3N2/c1-9-2-4-12(7-13(9)15(17,18)19)21-14-5-3-11(16)6-10(14)8-20/h2-7,21H,1H3. The molecule has 2 aromatic carbocycles. The first-order valence-corrected chi connectivity index (χ1v) is 6.75. The molecule has 2 aromatic rings. The Hall–Kier alpha value is -2.00. The van der Waals surface area contributed by atoms with Crippen LogP contribution in [0.5, 0.6) is 0 Å². The summed E-state index contributed by atoms with van der Waals surface area (Å²) in [6, 6.07) is 10.9. The highest BCUT2D eigenvalue weighted by Gasteiger charge is 2.32. The molecule has 0 aliphatic rings. The maximum atomic E-state index is 12.9. The van der Waals surface area contributed by atoms with Crippen LogP contribution >= 0.6 is 15.9 Å². The van der Waals surface area contributed by atoms with Gasteiger partial charge in [-0.05, 0) is 42.8 Å². The van der Waals surface area contributed by atoms with Gasteiger partial charge in [0.1, 0.15) is 6.07 Å². The molecule has 108 valence electrons. The molecule has 0 amide bonds. The van der Waals surface area contributed by atoms with E-state index < -0.39 is 11.7 Å². The molecule has 0 aliphatic heterocycles. The second-order valence-electron chi connectivity index (χ2n) is 4.45. The molecule has 0 aliphatic carbocycles. The van der Waals surface area contributed by atoms with E-state index in [1.54, 1.807) is 24.3 Å². The molecule has 0 fully saturated rings. The molecule has 0 atom stereocenters. The van der Waals surface area contributed by atoms with Gasteiger partial charge >= 0.3 is 6.18 Å². The summed E-state index contributed by atoms with van der Waals surface area (Å²) in [5, 5.41) is 11.9. The molecule has 0 saturated heterocycles. The van der Waals surface area contributed by atoms with Crippen LogP contribution in [-0.2, 0) is 6.18 Å². The van der Waals surface area contributed by atoms with Gasteiger partial charge in [0.25, 0.3) is 0 Å². The van der Waals surface area contributed by atoms with Gasteiger partial charge in [0.05, 0.1) is 16.8 Å². The van der Waals surface area contributed by atoms with Crippen molar-refractivity contribution in [1.82, 2.24) is 0 Å². The number of hydrogen-bond donors (Lipinski definition) is 1. The zero-order valence-corrected chi connectivity index (χ0v) is 12.5. The zero-order chi connectivity index (χ0) is 15.6. The summed E-state index contributed by atoms with van der Waals surface area (Å²) >= 11 is 3.24. The molecule has 0 heterocycles. The summed E-state index contributed by atoms with van der Waals surface area (Å²) in [7, 11) is 0. The van der Waals surface area contributed by atoms with E-state index in [0.29, 0.717) is 11.3 Å². The summed E-state index contributed by atoms with van der Waals surface area (Å²) in [4.78, 5) is 0. The van der Waals surface area contributed by atoms with Crippen LogP contribution in [0.4, 0.5) is 24.5 Å². The van der Waals surface area contributed by atoms with E-state index in [4.69, 9.17) is 5.26 Å². The van der Waals surface area contributed by atoms with Crippen molar-refractivity contribution in [3.63, 3.8) is 0 Å². The van der Waals surface area contributed by atoms with Gasteiger partial charge in [-0.3, -0.25) is 0 Å². The molecule has 0 bridgehead atoms.